The molecule has 23 heavy (non-hydrogen) atoms. The molecule has 0 aliphatic heterocycles. The van der Waals surface area contributed by atoms with Gasteiger partial charge in [0.05, 0.1) is 23.8 Å². The number of hydrogen-bond donors (Lipinski definition) is 0. The Hall–Kier alpha value is -3.12. The second-order valence-corrected chi connectivity index (χ2v) is 5.12. The highest BCUT2D eigenvalue weighted by molar-refractivity contribution is 5.99. The minimum atomic E-state index is -0.376. The molecule has 0 aliphatic rings. The Balaban J connectivity index is 2.23. The van der Waals surface area contributed by atoms with Gasteiger partial charge in [0.25, 0.3) is 0 Å². The van der Waals surface area contributed by atoms with Crippen LogP contribution in [0.15, 0.2) is 60.7 Å². The lowest BCUT2D eigenvalue weighted by atomic mass is 9.93. The van der Waals surface area contributed by atoms with Gasteiger partial charge in [0.1, 0.15) is 0 Å². The Labute approximate surface area is 134 Å². The summed E-state index contributed by atoms with van der Waals surface area (Å²) in [6, 6.07) is 21.2. The highest BCUT2D eigenvalue weighted by Gasteiger charge is 2.13. The molecule has 0 saturated carbocycles. The molecule has 0 unspecified atom stereocenters. The van der Waals surface area contributed by atoms with Gasteiger partial charge in [-0.15, -0.1) is 0 Å². The maximum Gasteiger partial charge on any atom is 0.338 e. The third kappa shape index (κ3) is 2.79. The number of carbonyl (C=O) groups is 1. The fourth-order valence-corrected chi connectivity index (χ4v) is 2.67. The monoisotopic (exact) mass is 301 g/mol. The third-order valence-corrected chi connectivity index (χ3v) is 3.73. The van der Waals surface area contributed by atoms with Crippen LogP contribution in [0, 0.1) is 11.3 Å². The van der Waals surface area contributed by atoms with Gasteiger partial charge in [0.15, 0.2) is 0 Å². The molecule has 3 nitrogen and oxygen atoms in total. The zero-order valence-corrected chi connectivity index (χ0v) is 12.7. The van der Waals surface area contributed by atoms with Gasteiger partial charge in [-0.3, -0.25) is 0 Å². The first kappa shape index (κ1) is 14.8. The molecule has 0 spiro atoms. The number of hydrogen-bond acceptors (Lipinski definition) is 3. The quantitative estimate of drug-likeness (QED) is 0.667. The first-order valence-electron chi connectivity index (χ1n) is 7.44. The predicted molar refractivity (Wildman–Crippen MR) is 90.1 cm³/mol. The van der Waals surface area contributed by atoms with Crippen molar-refractivity contribution >= 4 is 16.7 Å². The van der Waals surface area contributed by atoms with E-state index in [9.17, 15) is 10.1 Å². The van der Waals surface area contributed by atoms with Crippen LogP contribution in [-0.4, -0.2) is 12.6 Å². The van der Waals surface area contributed by atoms with E-state index >= 15 is 0 Å². The Morgan fingerprint density at radius 1 is 1.04 bits per heavy atom. The molecule has 112 valence electrons. The summed E-state index contributed by atoms with van der Waals surface area (Å²) < 4.78 is 5.06. The van der Waals surface area contributed by atoms with Crippen LogP contribution < -0.4 is 0 Å². The minimum Gasteiger partial charge on any atom is -0.462 e. The molecule has 0 heterocycles. The van der Waals surface area contributed by atoms with Crippen LogP contribution in [0.2, 0.25) is 0 Å². The topological polar surface area (TPSA) is 50.1 Å². The lowest BCUT2D eigenvalue weighted by molar-refractivity contribution is 0.0526. The fraction of sp³-hybridized carbons (Fsp3) is 0.100. The Morgan fingerprint density at radius 3 is 2.61 bits per heavy atom. The summed E-state index contributed by atoms with van der Waals surface area (Å²) in [5.41, 5.74) is 2.67. The molecule has 0 fully saturated rings. The highest BCUT2D eigenvalue weighted by Crippen LogP contribution is 2.31. The van der Waals surface area contributed by atoms with Crippen molar-refractivity contribution in [1.82, 2.24) is 0 Å². The van der Waals surface area contributed by atoms with Crippen molar-refractivity contribution in [2.75, 3.05) is 6.61 Å². The van der Waals surface area contributed by atoms with Crippen molar-refractivity contribution in [3.8, 4) is 17.2 Å². The van der Waals surface area contributed by atoms with E-state index in [-0.39, 0.29) is 5.97 Å². The molecule has 0 aromatic heterocycles. The van der Waals surface area contributed by atoms with Crippen LogP contribution in [0.1, 0.15) is 22.8 Å². The molecule has 3 heteroatoms. The van der Waals surface area contributed by atoms with E-state index in [1.54, 1.807) is 25.1 Å². The van der Waals surface area contributed by atoms with Gasteiger partial charge in [-0.2, -0.15) is 5.26 Å². The van der Waals surface area contributed by atoms with E-state index in [2.05, 4.69) is 6.07 Å². The van der Waals surface area contributed by atoms with Gasteiger partial charge in [0.2, 0.25) is 0 Å². The molecule has 0 aliphatic carbocycles. The largest absolute Gasteiger partial charge is 0.462 e. The molecule has 3 rings (SSSR count). The van der Waals surface area contributed by atoms with Gasteiger partial charge in [-0.05, 0) is 41.5 Å². The molecule has 0 radical (unpaired) electrons. The normalized spacial score (nSPS) is 10.3. The van der Waals surface area contributed by atoms with Crippen molar-refractivity contribution in [1.29, 1.82) is 5.26 Å². The van der Waals surface area contributed by atoms with Crippen molar-refractivity contribution in [2.45, 2.75) is 6.92 Å². The molecule has 0 bridgehead atoms. The van der Waals surface area contributed by atoms with Crippen molar-refractivity contribution in [2.24, 2.45) is 0 Å². The summed E-state index contributed by atoms with van der Waals surface area (Å²) >= 11 is 0. The SMILES string of the molecule is CCOC(=O)c1ccc(C#N)c(-c2cccc3ccccc23)c1. The number of nitriles is 1. The lowest BCUT2D eigenvalue weighted by Gasteiger charge is -2.10. The number of benzene rings is 3. The Bertz CT molecular complexity index is 917. The number of carbonyl (C=O) groups excluding carboxylic acids is 1. The van der Waals surface area contributed by atoms with Crippen molar-refractivity contribution in [3.63, 3.8) is 0 Å². The second kappa shape index (κ2) is 6.33. The van der Waals surface area contributed by atoms with E-state index in [0.717, 1.165) is 21.9 Å². The molecule has 0 atom stereocenters. The fourth-order valence-electron chi connectivity index (χ4n) is 2.67. The maximum absolute atomic E-state index is 12.0. The number of esters is 1. The molecular weight excluding hydrogens is 286 g/mol. The third-order valence-electron chi connectivity index (χ3n) is 3.73. The molecular formula is C20H15NO2. The average molecular weight is 301 g/mol. The van der Waals surface area contributed by atoms with Crippen molar-refractivity contribution < 1.29 is 9.53 Å². The summed E-state index contributed by atoms with van der Waals surface area (Å²) in [5.74, 6) is -0.376. The summed E-state index contributed by atoms with van der Waals surface area (Å²) in [5, 5.41) is 11.6. The zero-order valence-electron chi connectivity index (χ0n) is 12.7. The number of fused-ring (bicyclic) bond motifs is 1. The van der Waals surface area contributed by atoms with E-state index < -0.39 is 0 Å². The summed E-state index contributed by atoms with van der Waals surface area (Å²) in [6.45, 7) is 2.09. The van der Waals surface area contributed by atoms with Gasteiger partial charge in [-0.25, -0.2) is 4.79 Å². The van der Waals surface area contributed by atoms with E-state index in [0.29, 0.717) is 17.7 Å². The summed E-state index contributed by atoms with van der Waals surface area (Å²) in [7, 11) is 0. The van der Waals surface area contributed by atoms with E-state index in [1.807, 2.05) is 42.5 Å². The summed E-state index contributed by atoms with van der Waals surface area (Å²) in [6.07, 6.45) is 0. The number of ether oxygens (including phenoxy) is 1. The van der Waals surface area contributed by atoms with E-state index in [4.69, 9.17) is 4.74 Å². The zero-order chi connectivity index (χ0) is 16.2. The van der Waals surface area contributed by atoms with Crippen LogP contribution in [-0.2, 0) is 4.74 Å². The standard InChI is InChI=1S/C20H15NO2/c1-2-23-20(22)15-10-11-16(13-21)19(12-15)18-9-5-7-14-6-3-4-8-17(14)18/h3-12H,2H2,1H3. The highest BCUT2D eigenvalue weighted by atomic mass is 16.5. The van der Waals surface area contributed by atoms with E-state index in [1.165, 1.54) is 0 Å². The van der Waals surface area contributed by atoms with Crippen LogP contribution in [0.25, 0.3) is 21.9 Å². The molecule has 0 amide bonds. The Kier molecular flexibility index (Phi) is 4.07. The van der Waals surface area contributed by atoms with Gasteiger partial charge in [-0.1, -0.05) is 42.5 Å². The van der Waals surface area contributed by atoms with Crippen molar-refractivity contribution in [3.05, 3.63) is 71.8 Å². The first-order valence-corrected chi connectivity index (χ1v) is 7.44. The molecule has 3 aromatic rings. The number of nitrogens with zero attached hydrogens (tertiary/aromatic N) is 1. The van der Waals surface area contributed by atoms with Gasteiger partial charge in [0, 0.05) is 5.56 Å². The van der Waals surface area contributed by atoms with Gasteiger partial charge < -0.3 is 4.74 Å². The molecule has 0 N–H and O–H groups in total. The van der Waals surface area contributed by atoms with Crippen LogP contribution in [0.5, 0.6) is 0 Å². The first-order chi connectivity index (χ1) is 11.2. The Morgan fingerprint density at radius 2 is 1.83 bits per heavy atom. The molecule has 3 aromatic carbocycles. The number of rotatable bonds is 3. The summed E-state index contributed by atoms with van der Waals surface area (Å²) in [4.78, 5) is 12.0. The van der Waals surface area contributed by atoms with Crippen LogP contribution in [0.4, 0.5) is 0 Å². The lowest BCUT2D eigenvalue weighted by Crippen LogP contribution is -2.05. The van der Waals surface area contributed by atoms with Crippen LogP contribution >= 0.6 is 0 Å². The second-order valence-electron chi connectivity index (χ2n) is 5.12. The predicted octanol–water partition coefficient (Wildman–Crippen LogP) is 4.56. The van der Waals surface area contributed by atoms with Crippen LogP contribution in [0.3, 0.4) is 0 Å². The smallest absolute Gasteiger partial charge is 0.338 e. The maximum atomic E-state index is 12.0. The minimum absolute atomic E-state index is 0.322. The van der Waals surface area contributed by atoms with Gasteiger partial charge >= 0.3 is 5.97 Å². The molecule has 0 saturated heterocycles. The average Bonchev–Trinajstić information content (AvgIpc) is 2.61.